The van der Waals surface area contributed by atoms with Gasteiger partial charge < -0.3 is 4.42 Å². The number of carbonyl (C=O) groups is 1. The topological polar surface area (TPSA) is 92.0 Å². The van der Waals surface area contributed by atoms with E-state index in [9.17, 15) is 17.6 Å². The van der Waals surface area contributed by atoms with E-state index in [-0.39, 0.29) is 28.5 Å². The van der Waals surface area contributed by atoms with E-state index < -0.39 is 27.8 Å². The van der Waals surface area contributed by atoms with Gasteiger partial charge in [0.05, 0.1) is 23.8 Å². The van der Waals surface area contributed by atoms with E-state index in [1.54, 1.807) is 43.3 Å². The average Bonchev–Trinajstić information content (AvgIpc) is 3.44. The molecule has 4 rings (SSSR count). The van der Waals surface area contributed by atoms with Crippen LogP contribution in [0.2, 0.25) is 5.02 Å². The normalized spacial score (nSPS) is 16.2. The molecule has 0 saturated carbocycles. The molecule has 0 fully saturated rings. The molecule has 0 radical (unpaired) electrons. The minimum absolute atomic E-state index is 0.0452. The number of amides is 1. The molecule has 10 heteroatoms. The fraction of sp³-hybridized carbons (Fsp3) is 0.182. The summed E-state index contributed by atoms with van der Waals surface area (Å²) < 4.78 is 45.9. The highest BCUT2D eigenvalue weighted by molar-refractivity contribution is 7.92. The lowest BCUT2D eigenvalue weighted by Gasteiger charge is -2.22. The highest BCUT2D eigenvalue weighted by atomic mass is 35.5. The summed E-state index contributed by atoms with van der Waals surface area (Å²) in [6.45, 7) is 1.54. The van der Waals surface area contributed by atoms with Crippen LogP contribution < -0.4 is 4.72 Å². The molecule has 1 aliphatic heterocycles. The number of benzene rings is 2. The number of rotatable bonds is 6. The van der Waals surface area contributed by atoms with Gasteiger partial charge in [0.2, 0.25) is 10.0 Å². The van der Waals surface area contributed by atoms with Crippen LogP contribution in [0.1, 0.15) is 41.1 Å². The van der Waals surface area contributed by atoms with E-state index in [1.165, 1.54) is 29.5 Å². The number of hydrazone groups is 1. The molecule has 7 nitrogen and oxygen atoms in total. The summed E-state index contributed by atoms with van der Waals surface area (Å²) in [4.78, 5) is 13.0. The molecule has 32 heavy (non-hydrogen) atoms. The Morgan fingerprint density at radius 2 is 1.97 bits per heavy atom. The van der Waals surface area contributed by atoms with Gasteiger partial charge in [-0.05, 0) is 48.9 Å². The molecule has 1 aliphatic rings. The molecule has 1 amide bonds. The molecule has 0 aliphatic carbocycles. The molecule has 3 aromatic rings. The third-order valence-corrected chi connectivity index (χ3v) is 6.69. The molecule has 1 aromatic heterocycles. The molecule has 2 aromatic carbocycles. The predicted octanol–water partition coefficient (Wildman–Crippen LogP) is 4.83. The van der Waals surface area contributed by atoms with Gasteiger partial charge in [0.25, 0.3) is 0 Å². The van der Waals surface area contributed by atoms with Gasteiger partial charge in [-0.25, -0.2) is 17.8 Å². The van der Waals surface area contributed by atoms with Gasteiger partial charge in [-0.3, -0.25) is 9.52 Å². The number of furan rings is 1. The highest BCUT2D eigenvalue weighted by Gasteiger charge is 2.37. The van der Waals surface area contributed by atoms with Crippen LogP contribution in [0.15, 0.2) is 70.4 Å². The lowest BCUT2D eigenvalue weighted by atomic mass is 9.97. The smallest absolute Gasteiger partial charge is 0.310 e. The molecule has 1 atom stereocenters. The van der Waals surface area contributed by atoms with Crippen LogP contribution in [0.3, 0.4) is 0 Å². The first kappa shape index (κ1) is 22.0. The van der Waals surface area contributed by atoms with Crippen LogP contribution >= 0.6 is 11.6 Å². The second kappa shape index (κ2) is 8.76. The van der Waals surface area contributed by atoms with Gasteiger partial charge in [-0.15, -0.1) is 0 Å². The number of sulfonamides is 1. The van der Waals surface area contributed by atoms with Gasteiger partial charge in [-0.1, -0.05) is 29.8 Å². The molecule has 1 N–H and O–H groups in total. The maximum Gasteiger partial charge on any atom is 0.310 e. The molecule has 0 saturated heterocycles. The Morgan fingerprint density at radius 3 is 2.59 bits per heavy atom. The molecule has 0 bridgehead atoms. The Morgan fingerprint density at radius 1 is 1.22 bits per heavy atom. The zero-order valence-electron chi connectivity index (χ0n) is 17.0. The minimum Gasteiger partial charge on any atom is -0.459 e. The number of hydrogen-bond donors (Lipinski definition) is 1. The number of carbonyl (C=O) groups excluding carboxylic acids is 1. The molecule has 1 unspecified atom stereocenters. The Labute approximate surface area is 189 Å². The first-order valence-electron chi connectivity index (χ1n) is 9.78. The summed E-state index contributed by atoms with van der Waals surface area (Å²) in [6, 6.07) is 13.2. The van der Waals surface area contributed by atoms with Crippen LogP contribution in [0.5, 0.6) is 0 Å². The molecule has 0 spiro atoms. The first-order chi connectivity index (χ1) is 15.3. The Hall–Kier alpha value is -3.17. The maximum absolute atomic E-state index is 14.7. The van der Waals surface area contributed by atoms with Gasteiger partial charge in [-0.2, -0.15) is 5.10 Å². The van der Waals surface area contributed by atoms with E-state index in [4.69, 9.17) is 16.0 Å². The Balaban J connectivity index is 1.69. The van der Waals surface area contributed by atoms with Gasteiger partial charge in [0, 0.05) is 22.7 Å². The van der Waals surface area contributed by atoms with Crippen LogP contribution in [0.25, 0.3) is 0 Å². The van der Waals surface area contributed by atoms with E-state index in [0.717, 1.165) is 0 Å². The van der Waals surface area contributed by atoms with Crippen molar-refractivity contribution < 1.29 is 22.0 Å². The van der Waals surface area contributed by atoms with Crippen molar-refractivity contribution in [2.75, 3.05) is 10.5 Å². The highest BCUT2D eigenvalue weighted by Crippen LogP contribution is 2.38. The fourth-order valence-corrected chi connectivity index (χ4v) is 4.35. The monoisotopic (exact) mass is 475 g/mol. The van der Waals surface area contributed by atoms with Crippen LogP contribution in [0, 0.1) is 5.82 Å². The quantitative estimate of drug-likeness (QED) is 0.553. The summed E-state index contributed by atoms with van der Waals surface area (Å²) in [5.74, 6) is -1.05. The first-order valence-corrected chi connectivity index (χ1v) is 11.8. The van der Waals surface area contributed by atoms with Gasteiger partial charge >= 0.3 is 5.91 Å². The van der Waals surface area contributed by atoms with Crippen LogP contribution in [0.4, 0.5) is 10.1 Å². The lowest BCUT2D eigenvalue weighted by molar-refractivity contribution is 0.0676. The predicted molar refractivity (Wildman–Crippen MR) is 120 cm³/mol. The Bertz CT molecular complexity index is 1250. The maximum atomic E-state index is 14.7. The number of nitrogens with zero attached hydrogens (tertiary/aromatic N) is 2. The lowest BCUT2D eigenvalue weighted by Crippen LogP contribution is -2.27. The third kappa shape index (κ3) is 4.39. The van der Waals surface area contributed by atoms with Gasteiger partial charge in [0.15, 0.2) is 5.76 Å². The third-order valence-electron chi connectivity index (χ3n) is 5.05. The van der Waals surface area contributed by atoms with E-state index in [2.05, 4.69) is 9.82 Å². The van der Waals surface area contributed by atoms with Crippen molar-refractivity contribution in [3.8, 4) is 0 Å². The standard InChI is InChI=1S/C22H19ClFN3O4S/c1-2-32(29,30)26-15-10-8-14(9-11-15)18-13-19(21-16(23)5-3-6-17(21)24)27(25-18)22(28)20-7-4-12-31-20/h3-12,19,26H,2,13H2,1H3. The second-order valence-corrected chi connectivity index (χ2v) is 9.53. The van der Waals surface area contributed by atoms with Crippen molar-refractivity contribution in [1.82, 2.24) is 5.01 Å². The molecule has 2 heterocycles. The van der Waals surface area contributed by atoms with Gasteiger partial charge in [0.1, 0.15) is 5.82 Å². The van der Waals surface area contributed by atoms with Crippen molar-refractivity contribution in [2.24, 2.45) is 5.10 Å². The summed E-state index contributed by atoms with van der Waals surface area (Å²) >= 11 is 6.28. The summed E-state index contributed by atoms with van der Waals surface area (Å²) in [5, 5.41) is 5.81. The molecule has 166 valence electrons. The molecular formula is C22H19ClFN3O4S. The number of hydrogen-bond acceptors (Lipinski definition) is 5. The summed E-state index contributed by atoms with van der Waals surface area (Å²) in [7, 11) is -3.40. The van der Waals surface area contributed by atoms with Crippen LogP contribution in [-0.2, 0) is 10.0 Å². The summed E-state index contributed by atoms with van der Waals surface area (Å²) in [5.41, 5.74) is 1.77. The Kier molecular flexibility index (Phi) is 6.03. The minimum atomic E-state index is -3.40. The van der Waals surface area contributed by atoms with Crippen molar-refractivity contribution in [3.05, 3.63) is 88.6 Å². The number of anilines is 1. The SMILES string of the molecule is CCS(=O)(=O)Nc1ccc(C2=NN(C(=O)c3ccco3)C(c3c(F)cccc3Cl)C2)cc1. The second-order valence-electron chi connectivity index (χ2n) is 7.11. The largest absolute Gasteiger partial charge is 0.459 e. The van der Waals surface area contributed by atoms with E-state index >= 15 is 0 Å². The zero-order chi connectivity index (χ0) is 22.9. The molecular weight excluding hydrogens is 457 g/mol. The fourth-order valence-electron chi connectivity index (χ4n) is 3.42. The van der Waals surface area contributed by atoms with E-state index in [0.29, 0.717) is 17.0 Å². The summed E-state index contributed by atoms with van der Waals surface area (Å²) in [6.07, 6.45) is 1.59. The van der Waals surface area contributed by atoms with Crippen molar-refractivity contribution in [2.45, 2.75) is 19.4 Å². The van der Waals surface area contributed by atoms with Crippen molar-refractivity contribution in [3.63, 3.8) is 0 Å². The average molecular weight is 476 g/mol. The number of halogens is 2. The van der Waals surface area contributed by atoms with E-state index in [1.807, 2.05) is 0 Å². The van der Waals surface area contributed by atoms with Crippen molar-refractivity contribution >= 4 is 38.9 Å². The zero-order valence-corrected chi connectivity index (χ0v) is 18.5. The van der Waals surface area contributed by atoms with Crippen LogP contribution in [-0.4, -0.2) is 30.8 Å². The van der Waals surface area contributed by atoms with Crippen molar-refractivity contribution in [1.29, 1.82) is 0 Å². The number of nitrogens with one attached hydrogen (secondary N) is 1.